The van der Waals surface area contributed by atoms with E-state index in [1.165, 1.54) is 18.2 Å². The van der Waals surface area contributed by atoms with E-state index in [0.717, 1.165) is 18.9 Å². The summed E-state index contributed by atoms with van der Waals surface area (Å²) in [6, 6.07) is 4.96. The topological polar surface area (TPSA) is 58.2 Å². The first-order valence-corrected chi connectivity index (χ1v) is 9.07. The van der Waals surface area contributed by atoms with Gasteiger partial charge in [0.1, 0.15) is 0 Å². The molecule has 7 heteroatoms. The van der Waals surface area contributed by atoms with Gasteiger partial charge in [-0.15, -0.1) is 0 Å². The van der Waals surface area contributed by atoms with Crippen LogP contribution in [0.15, 0.2) is 24.3 Å². The van der Waals surface area contributed by atoms with Gasteiger partial charge in [-0.1, -0.05) is 25.5 Å². The van der Waals surface area contributed by atoms with Crippen LogP contribution in [0.2, 0.25) is 0 Å². The lowest BCUT2D eigenvalue weighted by Gasteiger charge is -2.27. The van der Waals surface area contributed by atoms with Crippen LogP contribution < -0.4 is 10.6 Å². The monoisotopic (exact) mass is 370 g/mol. The molecule has 1 aliphatic rings. The van der Waals surface area contributed by atoms with E-state index in [0.29, 0.717) is 32.2 Å². The van der Waals surface area contributed by atoms with Crippen LogP contribution in [0.3, 0.4) is 0 Å². The Hall–Kier alpha value is -2.05. The highest BCUT2D eigenvalue weighted by Crippen LogP contribution is 2.35. The minimum Gasteiger partial charge on any atom is -0.356 e. The number of carbonyl (C=O) groups excluding carboxylic acids is 2. The molecular formula is C19H25F3N2O2. The van der Waals surface area contributed by atoms with Gasteiger partial charge in [-0.3, -0.25) is 9.59 Å². The van der Waals surface area contributed by atoms with E-state index >= 15 is 0 Å². The molecule has 26 heavy (non-hydrogen) atoms. The molecule has 0 bridgehead atoms. The number of benzene rings is 1. The van der Waals surface area contributed by atoms with E-state index in [9.17, 15) is 22.8 Å². The zero-order chi connectivity index (χ0) is 19.2. The number of unbranched alkanes of at least 4 members (excludes halogenated alkanes) is 1. The molecule has 0 radical (unpaired) electrons. The number of hydrogen-bond acceptors (Lipinski definition) is 2. The normalized spacial score (nSPS) is 20.5. The molecule has 0 heterocycles. The fourth-order valence-electron chi connectivity index (χ4n) is 3.22. The average Bonchev–Trinajstić information content (AvgIpc) is 2.61. The number of halogens is 3. The predicted octanol–water partition coefficient (Wildman–Crippen LogP) is 4.37. The molecule has 1 aliphatic carbocycles. The molecule has 0 aromatic heterocycles. The standard InChI is InChI=1S/C19H25F3N2O2/c1-2-3-12-23-17(25)13-8-10-14(11-9-13)18(26)24-16-7-5-4-6-15(16)19(20,21)22/h4-7,13-14H,2-3,8-12H2,1H3,(H,23,25)(H,24,26). The van der Waals surface area contributed by atoms with Crippen LogP contribution in [0.25, 0.3) is 0 Å². The number of carbonyl (C=O) groups is 2. The third kappa shape index (κ3) is 5.47. The van der Waals surface area contributed by atoms with E-state index in [1.807, 2.05) is 6.92 Å². The molecule has 1 aromatic carbocycles. The summed E-state index contributed by atoms with van der Waals surface area (Å²) in [6.07, 6.45) is -0.404. The molecule has 1 fully saturated rings. The second-order valence-electron chi connectivity index (χ2n) is 6.73. The Labute approximate surface area is 151 Å². The number of amides is 2. The van der Waals surface area contributed by atoms with E-state index in [1.54, 1.807) is 0 Å². The van der Waals surface area contributed by atoms with Crippen molar-refractivity contribution in [2.75, 3.05) is 11.9 Å². The first-order chi connectivity index (χ1) is 12.3. The van der Waals surface area contributed by atoms with Crippen molar-refractivity contribution >= 4 is 17.5 Å². The van der Waals surface area contributed by atoms with Gasteiger partial charge in [0.15, 0.2) is 0 Å². The van der Waals surface area contributed by atoms with Crippen molar-refractivity contribution in [1.29, 1.82) is 0 Å². The fourth-order valence-corrected chi connectivity index (χ4v) is 3.22. The summed E-state index contributed by atoms with van der Waals surface area (Å²) >= 11 is 0. The summed E-state index contributed by atoms with van der Waals surface area (Å²) < 4.78 is 39.0. The van der Waals surface area contributed by atoms with Gasteiger partial charge < -0.3 is 10.6 Å². The van der Waals surface area contributed by atoms with Crippen LogP contribution in [-0.4, -0.2) is 18.4 Å². The molecule has 1 saturated carbocycles. The van der Waals surface area contributed by atoms with Crippen LogP contribution in [0.1, 0.15) is 51.0 Å². The third-order valence-corrected chi connectivity index (χ3v) is 4.79. The number of hydrogen-bond donors (Lipinski definition) is 2. The summed E-state index contributed by atoms with van der Waals surface area (Å²) in [5.41, 5.74) is -1.07. The number of alkyl halides is 3. The van der Waals surface area contributed by atoms with Crippen molar-refractivity contribution in [2.24, 2.45) is 11.8 Å². The second kappa shape index (κ2) is 9.05. The Morgan fingerprint density at radius 2 is 1.62 bits per heavy atom. The lowest BCUT2D eigenvalue weighted by molar-refractivity contribution is -0.137. The molecular weight excluding hydrogens is 345 g/mol. The van der Waals surface area contributed by atoms with Gasteiger partial charge in [0.05, 0.1) is 11.3 Å². The Bertz CT molecular complexity index is 623. The molecule has 144 valence electrons. The quantitative estimate of drug-likeness (QED) is 0.731. The van der Waals surface area contributed by atoms with Crippen LogP contribution in [-0.2, 0) is 15.8 Å². The highest BCUT2D eigenvalue weighted by atomic mass is 19.4. The minimum atomic E-state index is -4.52. The van der Waals surface area contributed by atoms with Crippen LogP contribution in [0.4, 0.5) is 18.9 Å². The molecule has 4 nitrogen and oxygen atoms in total. The smallest absolute Gasteiger partial charge is 0.356 e. The fraction of sp³-hybridized carbons (Fsp3) is 0.579. The lowest BCUT2D eigenvalue weighted by Crippen LogP contribution is -2.36. The lowest BCUT2D eigenvalue weighted by atomic mass is 9.81. The highest BCUT2D eigenvalue weighted by Gasteiger charge is 2.35. The number of rotatable bonds is 6. The molecule has 2 amide bonds. The van der Waals surface area contributed by atoms with Gasteiger partial charge in [-0.05, 0) is 44.2 Å². The second-order valence-corrected chi connectivity index (χ2v) is 6.73. The summed E-state index contributed by atoms with van der Waals surface area (Å²) in [6.45, 7) is 2.71. The van der Waals surface area contributed by atoms with Crippen LogP contribution >= 0.6 is 0 Å². The Balaban J connectivity index is 1.89. The first kappa shape index (κ1) is 20.3. The Morgan fingerprint density at radius 3 is 2.19 bits per heavy atom. The maximum absolute atomic E-state index is 13.0. The summed E-state index contributed by atoms with van der Waals surface area (Å²) in [5, 5.41) is 5.31. The van der Waals surface area contributed by atoms with E-state index in [2.05, 4.69) is 10.6 Å². The largest absolute Gasteiger partial charge is 0.418 e. The van der Waals surface area contributed by atoms with Crippen molar-refractivity contribution in [3.63, 3.8) is 0 Å². The van der Waals surface area contributed by atoms with Crippen molar-refractivity contribution < 1.29 is 22.8 Å². The van der Waals surface area contributed by atoms with E-state index < -0.39 is 17.6 Å². The molecule has 1 aromatic rings. The molecule has 0 atom stereocenters. The third-order valence-electron chi connectivity index (χ3n) is 4.79. The summed E-state index contributed by atoms with van der Waals surface area (Å²) in [7, 11) is 0. The van der Waals surface area contributed by atoms with Crippen molar-refractivity contribution in [1.82, 2.24) is 5.32 Å². The van der Waals surface area contributed by atoms with E-state index in [-0.39, 0.29) is 23.4 Å². The van der Waals surface area contributed by atoms with Gasteiger partial charge in [-0.25, -0.2) is 0 Å². The SMILES string of the molecule is CCCCNC(=O)C1CCC(C(=O)Nc2ccccc2C(F)(F)F)CC1. The molecule has 0 unspecified atom stereocenters. The average molecular weight is 370 g/mol. The maximum Gasteiger partial charge on any atom is 0.418 e. The molecule has 0 aliphatic heterocycles. The van der Waals surface area contributed by atoms with E-state index in [4.69, 9.17) is 0 Å². The van der Waals surface area contributed by atoms with Crippen molar-refractivity contribution in [2.45, 2.75) is 51.6 Å². The van der Waals surface area contributed by atoms with Gasteiger partial charge in [0.2, 0.25) is 11.8 Å². The number of anilines is 1. The van der Waals surface area contributed by atoms with Crippen LogP contribution in [0, 0.1) is 11.8 Å². The summed E-state index contributed by atoms with van der Waals surface area (Å²) in [5.74, 6) is -0.874. The molecule has 2 N–H and O–H groups in total. The zero-order valence-electron chi connectivity index (χ0n) is 14.9. The Kier molecular flexibility index (Phi) is 7.06. The molecule has 2 rings (SSSR count). The van der Waals surface area contributed by atoms with Gasteiger partial charge in [-0.2, -0.15) is 13.2 Å². The number of para-hydroxylation sites is 1. The van der Waals surface area contributed by atoms with Crippen LogP contribution in [0.5, 0.6) is 0 Å². The molecule has 0 spiro atoms. The van der Waals surface area contributed by atoms with Gasteiger partial charge in [0.25, 0.3) is 0 Å². The Morgan fingerprint density at radius 1 is 1.04 bits per heavy atom. The predicted molar refractivity (Wildman–Crippen MR) is 93.4 cm³/mol. The van der Waals surface area contributed by atoms with Gasteiger partial charge >= 0.3 is 6.18 Å². The highest BCUT2D eigenvalue weighted by molar-refractivity contribution is 5.93. The minimum absolute atomic E-state index is 0.0136. The number of nitrogens with one attached hydrogen (secondary N) is 2. The van der Waals surface area contributed by atoms with Gasteiger partial charge in [0, 0.05) is 18.4 Å². The van der Waals surface area contributed by atoms with Crippen molar-refractivity contribution in [3.05, 3.63) is 29.8 Å². The molecule has 0 saturated heterocycles. The summed E-state index contributed by atoms with van der Waals surface area (Å²) in [4.78, 5) is 24.4. The zero-order valence-corrected chi connectivity index (χ0v) is 14.9. The maximum atomic E-state index is 13.0. The first-order valence-electron chi connectivity index (χ1n) is 9.07. The van der Waals surface area contributed by atoms with Crippen molar-refractivity contribution in [3.8, 4) is 0 Å².